The number of nitrogens with one attached hydrogen (secondary N) is 2. The molecule has 20 heavy (non-hydrogen) atoms. The van der Waals surface area contributed by atoms with Gasteiger partial charge in [-0.1, -0.05) is 12.1 Å². The van der Waals surface area contributed by atoms with Crippen molar-refractivity contribution in [3.63, 3.8) is 0 Å². The molecule has 2 amide bonds. The number of likely N-dealkylation sites (N-methyl/N-ethyl adjacent to an activating group) is 1. The number of benzene rings is 1. The Bertz CT molecular complexity index is 437. The van der Waals surface area contributed by atoms with Crippen molar-refractivity contribution in [1.29, 1.82) is 0 Å². The second-order valence-electron chi connectivity index (χ2n) is 5.73. The summed E-state index contributed by atoms with van der Waals surface area (Å²) in [4.78, 5) is 13.4. The molecule has 0 aliphatic carbocycles. The maximum Gasteiger partial charge on any atom is 0.321 e. The van der Waals surface area contributed by atoms with Gasteiger partial charge in [-0.05, 0) is 45.5 Å². The average molecular weight is 279 g/mol. The molecule has 0 fully saturated rings. The summed E-state index contributed by atoms with van der Waals surface area (Å²) in [5.74, 6) is 0. The highest BCUT2D eigenvalue weighted by Gasteiger charge is 2.19. The number of hydrogen-bond donors (Lipinski definition) is 3. The molecule has 1 atom stereocenters. The second-order valence-corrected chi connectivity index (χ2v) is 5.73. The maximum atomic E-state index is 12.0. The minimum Gasteiger partial charge on any atom is -0.389 e. The molecule has 0 spiro atoms. The van der Waals surface area contributed by atoms with Gasteiger partial charge in [0.1, 0.15) is 0 Å². The van der Waals surface area contributed by atoms with E-state index in [4.69, 9.17) is 0 Å². The first-order valence-electron chi connectivity index (χ1n) is 6.74. The van der Waals surface area contributed by atoms with Crippen molar-refractivity contribution < 1.29 is 9.90 Å². The van der Waals surface area contributed by atoms with Crippen LogP contribution < -0.4 is 10.6 Å². The Hall–Kier alpha value is -1.59. The Morgan fingerprint density at radius 3 is 2.35 bits per heavy atom. The van der Waals surface area contributed by atoms with E-state index in [0.717, 1.165) is 11.3 Å². The molecule has 112 valence electrons. The van der Waals surface area contributed by atoms with Crippen molar-refractivity contribution >= 4 is 11.7 Å². The molecule has 0 aliphatic rings. The molecular weight excluding hydrogens is 254 g/mol. The molecule has 5 heteroatoms. The fraction of sp³-hybridized carbons (Fsp3) is 0.533. The van der Waals surface area contributed by atoms with Crippen molar-refractivity contribution in [3.05, 3.63) is 29.8 Å². The number of carbonyl (C=O) groups excluding carboxylic acids is 1. The monoisotopic (exact) mass is 279 g/mol. The van der Waals surface area contributed by atoms with Gasteiger partial charge < -0.3 is 20.6 Å². The summed E-state index contributed by atoms with van der Waals surface area (Å²) in [6.07, 6.45) is 0. The standard InChI is InChI=1S/C15H25N3O2/c1-11(16-4)12-6-8-13(9-7-12)17-14(19)18(5)10-15(2,3)20/h6-9,11,16,20H,10H2,1-5H3,(H,17,19). The molecule has 0 aliphatic heterocycles. The van der Waals surface area contributed by atoms with E-state index in [1.807, 2.05) is 31.3 Å². The van der Waals surface area contributed by atoms with Crippen molar-refractivity contribution in [3.8, 4) is 0 Å². The Balaban J connectivity index is 2.62. The normalized spacial score (nSPS) is 12.9. The molecular formula is C15H25N3O2. The Labute approximate surface area is 121 Å². The first-order valence-corrected chi connectivity index (χ1v) is 6.74. The first kappa shape index (κ1) is 16.5. The molecule has 0 aromatic heterocycles. The number of aliphatic hydroxyl groups is 1. The first-order chi connectivity index (χ1) is 9.23. The molecule has 0 heterocycles. The number of anilines is 1. The number of nitrogens with zero attached hydrogens (tertiary/aromatic N) is 1. The number of amides is 2. The quantitative estimate of drug-likeness (QED) is 0.774. The summed E-state index contributed by atoms with van der Waals surface area (Å²) in [5, 5.41) is 15.7. The van der Waals surface area contributed by atoms with Crippen molar-refractivity contribution in [2.45, 2.75) is 32.4 Å². The molecule has 0 radical (unpaired) electrons. The summed E-state index contributed by atoms with van der Waals surface area (Å²) in [5.41, 5.74) is 0.998. The topological polar surface area (TPSA) is 64.6 Å². The summed E-state index contributed by atoms with van der Waals surface area (Å²) in [6.45, 7) is 5.69. The Kier molecular flexibility index (Phi) is 5.53. The van der Waals surface area contributed by atoms with Gasteiger partial charge in [-0.15, -0.1) is 0 Å². The van der Waals surface area contributed by atoms with Crippen LogP contribution in [0.25, 0.3) is 0 Å². The predicted octanol–water partition coefficient (Wildman–Crippen LogP) is 2.20. The third-order valence-electron chi connectivity index (χ3n) is 3.07. The Morgan fingerprint density at radius 1 is 1.35 bits per heavy atom. The van der Waals surface area contributed by atoms with E-state index in [1.165, 1.54) is 4.90 Å². The van der Waals surface area contributed by atoms with Gasteiger partial charge in [0, 0.05) is 18.8 Å². The Morgan fingerprint density at radius 2 is 1.90 bits per heavy atom. The van der Waals surface area contributed by atoms with Gasteiger partial charge in [0.2, 0.25) is 0 Å². The average Bonchev–Trinajstić information content (AvgIpc) is 2.36. The third kappa shape index (κ3) is 5.19. The SMILES string of the molecule is CNC(C)c1ccc(NC(=O)N(C)CC(C)(C)O)cc1. The van der Waals surface area contributed by atoms with Crippen LogP contribution in [-0.2, 0) is 0 Å². The molecule has 1 aromatic rings. The molecule has 3 N–H and O–H groups in total. The van der Waals surface area contributed by atoms with Crippen LogP contribution in [0, 0.1) is 0 Å². The number of rotatable bonds is 5. The smallest absolute Gasteiger partial charge is 0.321 e. The van der Waals surface area contributed by atoms with Gasteiger partial charge in [-0.25, -0.2) is 4.79 Å². The zero-order valence-electron chi connectivity index (χ0n) is 12.9. The molecule has 0 saturated heterocycles. The largest absolute Gasteiger partial charge is 0.389 e. The third-order valence-corrected chi connectivity index (χ3v) is 3.07. The molecule has 1 aromatic carbocycles. The number of urea groups is 1. The van der Waals surface area contributed by atoms with Crippen molar-refractivity contribution in [1.82, 2.24) is 10.2 Å². The summed E-state index contributed by atoms with van der Waals surface area (Å²) in [7, 11) is 3.57. The highest BCUT2D eigenvalue weighted by molar-refractivity contribution is 5.89. The summed E-state index contributed by atoms with van der Waals surface area (Å²) >= 11 is 0. The van der Waals surface area contributed by atoms with E-state index in [0.29, 0.717) is 0 Å². The maximum absolute atomic E-state index is 12.0. The van der Waals surface area contributed by atoms with Crippen molar-refractivity contribution in [2.24, 2.45) is 0 Å². The van der Waals surface area contributed by atoms with E-state index in [2.05, 4.69) is 17.6 Å². The van der Waals surface area contributed by atoms with Gasteiger partial charge >= 0.3 is 6.03 Å². The zero-order valence-corrected chi connectivity index (χ0v) is 12.9. The van der Waals surface area contributed by atoms with E-state index in [1.54, 1.807) is 20.9 Å². The summed E-state index contributed by atoms with van der Waals surface area (Å²) in [6, 6.07) is 7.75. The van der Waals surface area contributed by atoms with Crippen LogP contribution in [0.1, 0.15) is 32.4 Å². The fourth-order valence-electron chi connectivity index (χ4n) is 1.89. The molecule has 0 bridgehead atoms. The van der Waals surface area contributed by atoms with E-state index < -0.39 is 5.60 Å². The van der Waals surface area contributed by atoms with Crippen LogP contribution >= 0.6 is 0 Å². The van der Waals surface area contributed by atoms with Crippen LogP contribution in [0.5, 0.6) is 0 Å². The molecule has 1 unspecified atom stereocenters. The molecule has 1 rings (SSSR count). The van der Waals surface area contributed by atoms with Crippen LogP contribution in [0.3, 0.4) is 0 Å². The predicted molar refractivity (Wildman–Crippen MR) is 81.9 cm³/mol. The van der Waals surface area contributed by atoms with Gasteiger partial charge in [0.15, 0.2) is 0 Å². The van der Waals surface area contributed by atoms with Gasteiger partial charge in [0.25, 0.3) is 0 Å². The highest BCUT2D eigenvalue weighted by Crippen LogP contribution is 2.16. The lowest BCUT2D eigenvalue weighted by Crippen LogP contribution is -2.41. The van der Waals surface area contributed by atoms with Crippen LogP contribution in [0.2, 0.25) is 0 Å². The minimum absolute atomic E-state index is 0.235. The lowest BCUT2D eigenvalue weighted by Gasteiger charge is -2.25. The highest BCUT2D eigenvalue weighted by atomic mass is 16.3. The van der Waals surface area contributed by atoms with Gasteiger partial charge in [-0.3, -0.25) is 0 Å². The number of hydrogen-bond acceptors (Lipinski definition) is 3. The van der Waals surface area contributed by atoms with E-state index in [-0.39, 0.29) is 18.6 Å². The van der Waals surface area contributed by atoms with Crippen LogP contribution in [0.15, 0.2) is 24.3 Å². The van der Waals surface area contributed by atoms with Crippen molar-refractivity contribution in [2.75, 3.05) is 26.0 Å². The van der Waals surface area contributed by atoms with Gasteiger partial charge in [-0.2, -0.15) is 0 Å². The minimum atomic E-state index is -0.905. The fourth-order valence-corrected chi connectivity index (χ4v) is 1.89. The lowest BCUT2D eigenvalue weighted by molar-refractivity contribution is 0.0550. The molecule has 0 saturated carbocycles. The van der Waals surface area contributed by atoms with E-state index >= 15 is 0 Å². The summed E-state index contributed by atoms with van der Waals surface area (Å²) < 4.78 is 0. The van der Waals surface area contributed by atoms with Crippen LogP contribution in [0.4, 0.5) is 10.5 Å². The van der Waals surface area contributed by atoms with Crippen LogP contribution in [-0.4, -0.2) is 42.3 Å². The van der Waals surface area contributed by atoms with E-state index in [9.17, 15) is 9.90 Å². The van der Waals surface area contributed by atoms with Gasteiger partial charge in [0.05, 0.1) is 12.1 Å². The molecule has 5 nitrogen and oxygen atoms in total. The number of carbonyl (C=O) groups is 1. The lowest BCUT2D eigenvalue weighted by atomic mass is 10.1. The second kappa shape index (κ2) is 6.72. The zero-order chi connectivity index (χ0) is 15.3.